The van der Waals surface area contributed by atoms with Crippen molar-refractivity contribution < 1.29 is 17.6 Å². The van der Waals surface area contributed by atoms with Crippen LogP contribution in [0.3, 0.4) is 0 Å². The van der Waals surface area contributed by atoms with Crippen LogP contribution in [0.5, 0.6) is 0 Å². The normalized spacial score (nSPS) is 11.1. The fourth-order valence-corrected chi connectivity index (χ4v) is 4.65. The molecule has 0 saturated heterocycles. The summed E-state index contributed by atoms with van der Waals surface area (Å²) in [5.41, 5.74) is 5.33. The van der Waals surface area contributed by atoms with Gasteiger partial charge in [0, 0.05) is 35.4 Å². The number of nitrogens with zero attached hydrogens (tertiary/aromatic N) is 2. The van der Waals surface area contributed by atoms with E-state index in [4.69, 9.17) is 34.8 Å². The van der Waals surface area contributed by atoms with E-state index in [9.17, 15) is 17.6 Å². The summed E-state index contributed by atoms with van der Waals surface area (Å²) in [6.07, 6.45) is 0. The van der Waals surface area contributed by atoms with E-state index >= 15 is 0 Å². The first-order valence-electron chi connectivity index (χ1n) is 11.0. The van der Waals surface area contributed by atoms with Gasteiger partial charge in [0.15, 0.2) is 0 Å². The van der Waals surface area contributed by atoms with Crippen LogP contribution in [0.4, 0.5) is 17.6 Å². The fraction of sp³-hybridized carbons (Fsp3) is 0.143. The van der Waals surface area contributed by atoms with Crippen LogP contribution in [0.25, 0.3) is 33.1 Å². The number of halogens is 7. The molecule has 5 rings (SSSR count). The Hall–Kier alpha value is -2.93. The van der Waals surface area contributed by atoms with Crippen molar-refractivity contribution in [3.63, 3.8) is 0 Å². The maximum Gasteiger partial charge on any atom is 0.137 e. The molecule has 0 saturated carbocycles. The van der Waals surface area contributed by atoms with Gasteiger partial charge >= 0.3 is 0 Å². The maximum atomic E-state index is 14.0. The number of benzene rings is 3. The molecule has 2 nitrogen and oxygen atoms in total. The van der Waals surface area contributed by atoms with Gasteiger partial charge in [-0.05, 0) is 50.5 Å². The minimum Gasteiger partial charge on any atom is -0.247 e. The van der Waals surface area contributed by atoms with Gasteiger partial charge in [-0.3, -0.25) is 0 Å². The molecule has 5 aromatic rings. The summed E-state index contributed by atoms with van der Waals surface area (Å²) in [5, 5.41) is 0.851. The highest BCUT2D eigenvalue weighted by molar-refractivity contribution is 6.39. The predicted octanol–water partition coefficient (Wildman–Crippen LogP) is 9.89. The van der Waals surface area contributed by atoms with Gasteiger partial charge in [0.2, 0.25) is 0 Å². The van der Waals surface area contributed by atoms with Crippen molar-refractivity contribution in [3.05, 3.63) is 103 Å². The van der Waals surface area contributed by atoms with Gasteiger partial charge in [0.05, 0.1) is 37.5 Å². The molecule has 0 unspecified atom stereocenters. The molecule has 190 valence electrons. The smallest absolute Gasteiger partial charge is 0.137 e. The summed E-state index contributed by atoms with van der Waals surface area (Å²) in [4.78, 5) is 8.29. The van der Waals surface area contributed by atoms with Crippen molar-refractivity contribution >= 4 is 56.6 Å². The van der Waals surface area contributed by atoms with Gasteiger partial charge in [-0.2, -0.15) is 0 Å². The van der Waals surface area contributed by atoms with Gasteiger partial charge < -0.3 is 0 Å². The van der Waals surface area contributed by atoms with Crippen molar-refractivity contribution in [3.8, 4) is 11.3 Å². The van der Waals surface area contributed by atoms with Gasteiger partial charge in [-0.1, -0.05) is 46.9 Å². The molecule has 0 aliphatic carbocycles. The molecule has 0 bridgehead atoms. The van der Waals surface area contributed by atoms with Crippen molar-refractivity contribution in [2.45, 2.75) is 27.7 Å². The molecule has 0 atom stereocenters. The van der Waals surface area contributed by atoms with Gasteiger partial charge in [0.1, 0.15) is 28.4 Å². The van der Waals surface area contributed by atoms with E-state index in [1.54, 1.807) is 13.8 Å². The minimum absolute atomic E-state index is 0.0972. The van der Waals surface area contributed by atoms with Crippen LogP contribution in [-0.2, 0) is 0 Å². The van der Waals surface area contributed by atoms with E-state index in [-0.39, 0.29) is 37.0 Å². The Labute approximate surface area is 225 Å². The van der Waals surface area contributed by atoms with E-state index in [0.717, 1.165) is 29.3 Å². The molecule has 0 spiro atoms. The fourth-order valence-electron chi connectivity index (χ4n) is 3.86. The maximum absolute atomic E-state index is 14.0. The summed E-state index contributed by atoms with van der Waals surface area (Å²) in [6.45, 7) is 7.45. The van der Waals surface area contributed by atoms with E-state index < -0.39 is 23.3 Å². The zero-order valence-electron chi connectivity index (χ0n) is 20.1. The average molecular weight is 566 g/mol. The number of hydrogen-bond acceptors (Lipinski definition) is 2. The van der Waals surface area contributed by atoms with Gasteiger partial charge in [-0.15, -0.1) is 0 Å². The van der Waals surface area contributed by atoms with Crippen LogP contribution < -0.4 is 0 Å². The van der Waals surface area contributed by atoms with Crippen LogP contribution in [0.15, 0.2) is 42.5 Å². The third kappa shape index (κ3) is 5.24. The second kappa shape index (κ2) is 10.4. The van der Waals surface area contributed by atoms with Crippen molar-refractivity contribution in [1.82, 2.24) is 9.97 Å². The molecule has 0 aliphatic heterocycles. The minimum atomic E-state index is -0.734. The van der Waals surface area contributed by atoms with Crippen molar-refractivity contribution in [1.29, 1.82) is 0 Å². The zero-order valence-corrected chi connectivity index (χ0v) is 22.3. The predicted molar refractivity (Wildman–Crippen MR) is 143 cm³/mol. The number of pyridine rings is 2. The van der Waals surface area contributed by atoms with Crippen LogP contribution in [0.1, 0.15) is 22.3 Å². The van der Waals surface area contributed by atoms with Crippen LogP contribution in [0, 0.1) is 51.0 Å². The molecule has 0 fully saturated rings. The summed E-state index contributed by atoms with van der Waals surface area (Å²) in [5.74, 6) is -2.79. The van der Waals surface area contributed by atoms with Crippen molar-refractivity contribution in [2.75, 3.05) is 0 Å². The summed E-state index contributed by atoms with van der Waals surface area (Å²) < 4.78 is 53.7. The molecule has 0 aliphatic rings. The molecule has 0 amide bonds. The van der Waals surface area contributed by atoms with E-state index in [1.807, 2.05) is 32.0 Å². The lowest BCUT2D eigenvalue weighted by molar-refractivity contribution is 0.590. The molecular weight excluding hydrogens is 547 g/mol. The number of rotatable bonds is 1. The Balaban J connectivity index is 0.000000186. The molecule has 37 heavy (non-hydrogen) atoms. The highest BCUT2D eigenvalue weighted by atomic mass is 35.5. The third-order valence-electron chi connectivity index (χ3n) is 6.06. The Morgan fingerprint density at radius 1 is 0.595 bits per heavy atom. The lowest BCUT2D eigenvalue weighted by atomic mass is 10.00. The summed E-state index contributed by atoms with van der Waals surface area (Å²) in [7, 11) is 0. The van der Waals surface area contributed by atoms with Gasteiger partial charge in [0.25, 0.3) is 0 Å². The Kier molecular flexibility index (Phi) is 7.65. The average Bonchev–Trinajstić information content (AvgIpc) is 2.81. The number of hydrogen-bond donors (Lipinski definition) is 0. The summed E-state index contributed by atoms with van der Waals surface area (Å²) in [6, 6.07) is 9.83. The topological polar surface area (TPSA) is 25.8 Å². The van der Waals surface area contributed by atoms with E-state index in [1.165, 1.54) is 11.6 Å². The highest BCUT2D eigenvalue weighted by Gasteiger charge is 2.17. The van der Waals surface area contributed by atoms with Crippen LogP contribution in [-0.4, -0.2) is 9.97 Å². The quantitative estimate of drug-likeness (QED) is 0.149. The molecular formula is C28H19Cl3F4N2. The SMILES string of the molecule is Cc1c(Cl)nc2cc(F)cc(F)c2c1Cl.Cc1ccc(-c2nc3cc(F)cc(F)c3c(Cl)c2C)cc1C. The van der Waals surface area contributed by atoms with Crippen LogP contribution in [0.2, 0.25) is 15.2 Å². The van der Waals surface area contributed by atoms with Crippen LogP contribution >= 0.6 is 34.8 Å². The Bertz CT molecular complexity index is 1700. The second-order valence-corrected chi connectivity index (χ2v) is 9.72. The lowest BCUT2D eigenvalue weighted by Crippen LogP contribution is -1.96. The van der Waals surface area contributed by atoms with E-state index in [2.05, 4.69) is 9.97 Å². The molecule has 2 heterocycles. The summed E-state index contributed by atoms with van der Waals surface area (Å²) >= 11 is 18.0. The number of fused-ring (bicyclic) bond motifs is 2. The van der Waals surface area contributed by atoms with Gasteiger partial charge in [-0.25, -0.2) is 27.5 Å². The largest absolute Gasteiger partial charge is 0.247 e. The van der Waals surface area contributed by atoms with E-state index in [0.29, 0.717) is 16.8 Å². The zero-order chi connectivity index (χ0) is 27.2. The standard InChI is InChI=1S/C18H14ClF2N.C10H5Cl2F2N/c1-9-4-5-12(6-10(9)2)18-11(3)17(19)16-14(21)7-13(20)8-15(16)22-18;1-4-9(11)8-6(14)2-5(13)3-7(8)15-10(4)12/h4-8H,1-3H3;2-3H,1H3. The molecule has 0 N–H and O–H groups in total. The molecule has 0 radical (unpaired) electrons. The first kappa shape index (κ1) is 27.1. The Morgan fingerprint density at radius 2 is 1.11 bits per heavy atom. The highest BCUT2D eigenvalue weighted by Crippen LogP contribution is 2.35. The third-order valence-corrected chi connectivity index (χ3v) is 7.37. The Morgan fingerprint density at radius 3 is 1.65 bits per heavy atom. The first-order chi connectivity index (χ1) is 17.4. The monoisotopic (exact) mass is 564 g/mol. The number of aromatic nitrogens is 2. The first-order valence-corrected chi connectivity index (χ1v) is 12.1. The van der Waals surface area contributed by atoms with Crippen molar-refractivity contribution in [2.24, 2.45) is 0 Å². The molecule has 9 heteroatoms. The second-order valence-electron chi connectivity index (χ2n) is 8.60. The molecule has 3 aromatic carbocycles. The molecule has 2 aromatic heterocycles. The lowest BCUT2D eigenvalue weighted by Gasteiger charge is -2.12. The number of aryl methyl sites for hydroxylation is 2.